The maximum Gasteiger partial charge on any atom is 0.276 e. The van der Waals surface area contributed by atoms with E-state index < -0.39 is 0 Å². The molecular formula is C33H58N3OS+. The number of pyridine rings is 1. The lowest BCUT2D eigenvalue weighted by Gasteiger charge is -2.02. The first-order valence-corrected chi connectivity index (χ1v) is 17.3. The molecule has 0 fully saturated rings. The molecule has 0 unspecified atom stereocenters. The summed E-state index contributed by atoms with van der Waals surface area (Å²) >= 11 is 1.70. The van der Waals surface area contributed by atoms with Crippen LogP contribution >= 0.6 is 11.8 Å². The van der Waals surface area contributed by atoms with Crippen molar-refractivity contribution in [1.29, 1.82) is 0 Å². The maximum atomic E-state index is 5.91. The van der Waals surface area contributed by atoms with Crippen LogP contribution < -0.4 is 4.57 Å². The summed E-state index contributed by atoms with van der Waals surface area (Å²) in [7, 11) is 0. The number of hydrogen-bond acceptors (Lipinski definition) is 4. The monoisotopic (exact) mass is 544 g/mol. The van der Waals surface area contributed by atoms with Crippen molar-refractivity contribution in [3.63, 3.8) is 0 Å². The number of aryl methyl sites for hydroxylation is 1. The van der Waals surface area contributed by atoms with Gasteiger partial charge in [-0.2, -0.15) is 0 Å². The van der Waals surface area contributed by atoms with E-state index >= 15 is 0 Å². The Kier molecular flexibility index (Phi) is 20.3. The lowest BCUT2D eigenvalue weighted by atomic mass is 10.1. The van der Waals surface area contributed by atoms with E-state index in [0.29, 0.717) is 11.1 Å². The average Bonchev–Trinajstić information content (AvgIpc) is 3.41. The Morgan fingerprint density at radius 2 is 1.03 bits per heavy atom. The third-order valence-corrected chi connectivity index (χ3v) is 8.44. The Bertz CT molecular complexity index is 777. The molecule has 38 heavy (non-hydrogen) atoms. The molecule has 0 aliphatic heterocycles. The zero-order chi connectivity index (χ0) is 26.9. The van der Waals surface area contributed by atoms with Crippen molar-refractivity contribution < 1.29 is 8.98 Å². The van der Waals surface area contributed by atoms with Gasteiger partial charge in [0.15, 0.2) is 12.4 Å². The molecule has 0 radical (unpaired) electrons. The summed E-state index contributed by atoms with van der Waals surface area (Å²) in [6.07, 6.45) is 34.7. The van der Waals surface area contributed by atoms with E-state index in [1.807, 2.05) is 0 Å². The zero-order valence-corrected chi connectivity index (χ0v) is 25.8. The molecule has 2 heterocycles. The first-order valence-electron chi connectivity index (χ1n) is 16.3. The minimum atomic E-state index is 0.632. The van der Waals surface area contributed by atoms with Gasteiger partial charge in [0.25, 0.3) is 5.22 Å². The molecule has 0 atom stereocenters. The van der Waals surface area contributed by atoms with Gasteiger partial charge in [-0.1, -0.05) is 148 Å². The fraction of sp³-hybridized carbons (Fsp3) is 0.788. The largest absolute Gasteiger partial charge is 0.411 e. The zero-order valence-electron chi connectivity index (χ0n) is 24.9. The van der Waals surface area contributed by atoms with E-state index in [1.54, 1.807) is 11.8 Å². The second-order valence-corrected chi connectivity index (χ2v) is 12.2. The molecule has 4 nitrogen and oxygen atoms in total. The normalized spacial score (nSPS) is 11.4. The number of thioether (sulfide) groups is 1. The van der Waals surface area contributed by atoms with Crippen LogP contribution in [0.5, 0.6) is 0 Å². The Morgan fingerprint density at radius 3 is 1.53 bits per heavy atom. The molecule has 0 saturated carbocycles. The average molecular weight is 545 g/mol. The molecule has 0 amide bonds. The predicted octanol–water partition coefficient (Wildman–Crippen LogP) is 10.7. The van der Waals surface area contributed by atoms with Crippen LogP contribution in [0.3, 0.4) is 0 Å². The Hall–Kier alpha value is -1.36. The number of aromatic nitrogens is 3. The quantitative estimate of drug-likeness (QED) is 0.0671. The molecule has 5 heteroatoms. The van der Waals surface area contributed by atoms with Gasteiger partial charge in [0, 0.05) is 24.3 Å². The van der Waals surface area contributed by atoms with E-state index in [4.69, 9.17) is 4.42 Å². The molecule has 2 aromatic heterocycles. The van der Waals surface area contributed by atoms with Crippen molar-refractivity contribution in [2.75, 3.05) is 5.75 Å². The fourth-order valence-corrected chi connectivity index (χ4v) is 5.78. The van der Waals surface area contributed by atoms with Crippen LogP contribution in [0.4, 0.5) is 0 Å². The van der Waals surface area contributed by atoms with Gasteiger partial charge in [-0.25, -0.2) is 4.57 Å². The van der Waals surface area contributed by atoms with Crippen molar-refractivity contribution in [3.05, 3.63) is 24.5 Å². The van der Waals surface area contributed by atoms with Crippen molar-refractivity contribution in [3.8, 4) is 11.5 Å². The summed E-state index contributed by atoms with van der Waals surface area (Å²) in [6.45, 7) is 5.66. The lowest BCUT2D eigenvalue weighted by molar-refractivity contribution is -0.697. The van der Waals surface area contributed by atoms with Crippen molar-refractivity contribution in [2.45, 2.75) is 167 Å². The Labute approximate surface area is 239 Å². The molecule has 2 aromatic rings. The molecule has 0 N–H and O–H groups in total. The highest BCUT2D eigenvalue weighted by molar-refractivity contribution is 7.99. The Balaban J connectivity index is 1.47. The predicted molar refractivity (Wildman–Crippen MR) is 164 cm³/mol. The SMILES string of the molecule is CCCCCCCCCCCCCC[n+]1ccc(-c2nnc(SCCCCCCCCCCCC)o2)cc1. The van der Waals surface area contributed by atoms with Gasteiger partial charge in [0.1, 0.15) is 6.54 Å². The molecule has 2 rings (SSSR count). The number of rotatable bonds is 26. The maximum absolute atomic E-state index is 5.91. The molecule has 0 aromatic carbocycles. The third-order valence-electron chi connectivity index (χ3n) is 7.54. The van der Waals surface area contributed by atoms with E-state index in [1.165, 1.54) is 141 Å². The summed E-state index contributed by atoms with van der Waals surface area (Å²) in [5.74, 6) is 1.69. The van der Waals surface area contributed by atoms with Gasteiger partial charge in [0.05, 0.1) is 5.56 Å². The third kappa shape index (κ3) is 16.6. The van der Waals surface area contributed by atoms with Crippen molar-refractivity contribution in [2.24, 2.45) is 0 Å². The van der Waals surface area contributed by atoms with E-state index in [2.05, 4.69) is 53.1 Å². The highest BCUT2D eigenvalue weighted by Gasteiger charge is 2.11. The fourth-order valence-electron chi connectivity index (χ4n) is 5.02. The van der Waals surface area contributed by atoms with Crippen LogP contribution in [0.2, 0.25) is 0 Å². The molecule has 0 aliphatic rings. The van der Waals surface area contributed by atoms with Gasteiger partial charge in [-0.15, -0.1) is 10.2 Å². The van der Waals surface area contributed by atoms with Gasteiger partial charge < -0.3 is 4.42 Å². The molecular weight excluding hydrogens is 486 g/mol. The van der Waals surface area contributed by atoms with Crippen molar-refractivity contribution >= 4 is 11.8 Å². The van der Waals surface area contributed by atoms with Crippen LogP contribution in [0.25, 0.3) is 11.5 Å². The Morgan fingerprint density at radius 1 is 0.579 bits per heavy atom. The number of nitrogens with zero attached hydrogens (tertiary/aromatic N) is 3. The van der Waals surface area contributed by atoms with Gasteiger partial charge in [0.2, 0.25) is 5.89 Å². The number of hydrogen-bond donors (Lipinski definition) is 0. The molecule has 0 bridgehead atoms. The van der Waals surface area contributed by atoms with Gasteiger partial charge in [-0.05, 0) is 12.8 Å². The highest BCUT2D eigenvalue weighted by Crippen LogP contribution is 2.23. The molecule has 0 aliphatic carbocycles. The molecule has 216 valence electrons. The minimum absolute atomic E-state index is 0.632. The van der Waals surface area contributed by atoms with Crippen molar-refractivity contribution in [1.82, 2.24) is 10.2 Å². The highest BCUT2D eigenvalue weighted by atomic mass is 32.2. The van der Waals surface area contributed by atoms with E-state index in [0.717, 1.165) is 17.9 Å². The van der Waals surface area contributed by atoms with Crippen LogP contribution in [0.1, 0.15) is 155 Å². The van der Waals surface area contributed by atoms with Crippen LogP contribution in [-0.4, -0.2) is 16.0 Å². The standard InChI is InChI=1S/C33H58N3OS/c1-3-5-7-9-11-13-15-16-17-19-21-23-27-36-28-25-31(26-29-36)32-34-35-33(37-32)38-30-24-22-20-18-14-12-10-8-6-4-2/h25-26,28-29H,3-24,27,30H2,1-2H3/q+1. The van der Waals surface area contributed by atoms with Crippen LogP contribution in [-0.2, 0) is 6.54 Å². The van der Waals surface area contributed by atoms with Crippen LogP contribution in [0.15, 0.2) is 34.2 Å². The summed E-state index contributed by atoms with van der Waals surface area (Å²) in [5.41, 5.74) is 1.01. The van der Waals surface area contributed by atoms with E-state index in [-0.39, 0.29) is 0 Å². The first kappa shape index (κ1) is 32.8. The minimum Gasteiger partial charge on any atom is -0.411 e. The summed E-state index contributed by atoms with van der Waals surface area (Å²) < 4.78 is 8.19. The lowest BCUT2D eigenvalue weighted by Crippen LogP contribution is -2.32. The molecule has 0 saturated heterocycles. The van der Waals surface area contributed by atoms with Crippen LogP contribution in [0, 0.1) is 0 Å². The van der Waals surface area contributed by atoms with Gasteiger partial charge >= 0.3 is 0 Å². The second-order valence-electron chi connectivity index (χ2n) is 11.1. The van der Waals surface area contributed by atoms with Gasteiger partial charge in [-0.3, -0.25) is 0 Å². The topological polar surface area (TPSA) is 42.8 Å². The molecule has 0 spiro atoms. The summed E-state index contributed by atoms with van der Waals surface area (Å²) in [6, 6.07) is 4.20. The first-order chi connectivity index (χ1) is 18.8. The summed E-state index contributed by atoms with van der Waals surface area (Å²) in [4.78, 5) is 0. The second kappa shape index (κ2) is 23.5. The smallest absolute Gasteiger partial charge is 0.276 e. The summed E-state index contributed by atoms with van der Waals surface area (Å²) in [5, 5.41) is 9.22. The van der Waals surface area contributed by atoms with E-state index in [9.17, 15) is 0 Å². The number of unbranched alkanes of at least 4 members (excludes halogenated alkanes) is 20.